The lowest BCUT2D eigenvalue weighted by atomic mass is 10.0. The normalized spacial score (nSPS) is 17.2. The van der Waals surface area contributed by atoms with Crippen LogP contribution in [0.25, 0.3) is 0 Å². The summed E-state index contributed by atoms with van der Waals surface area (Å²) in [4.78, 5) is 3.27. The Hall–Kier alpha value is -1.53. The lowest BCUT2D eigenvalue weighted by molar-refractivity contribution is 0.504. The van der Waals surface area contributed by atoms with E-state index >= 15 is 0 Å². The zero-order valence-electron chi connectivity index (χ0n) is 14.1. The Morgan fingerprint density at radius 2 is 2.22 bits per heavy atom. The van der Waals surface area contributed by atoms with Gasteiger partial charge in [0.25, 0.3) is 0 Å². The minimum absolute atomic E-state index is 0.162. The van der Waals surface area contributed by atoms with Gasteiger partial charge in [-0.05, 0) is 42.9 Å². The number of halogens is 1. The summed E-state index contributed by atoms with van der Waals surface area (Å²) in [7, 11) is 6.03. The van der Waals surface area contributed by atoms with Gasteiger partial charge in [-0.15, -0.1) is 11.8 Å². The monoisotopic (exact) mass is 334 g/mol. The number of nitrogens with one attached hydrogen (secondary N) is 1. The van der Waals surface area contributed by atoms with Crippen molar-refractivity contribution in [2.75, 3.05) is 24.7 Å². The van der Waals surface area contributed by atoms with Crippen LogP contribution in [0.2, 0.25) is 0 Å². The quantitative estimate of drug-likeness (QED) is 0.930. The second-order valence-corrected chi connectivity index (χ2v) is 7.30. The van der Waals surface area contributed by atoms with Crippen LogP contribution in [0.15, 0.2) is 23.1 Å². The molecule has 0 amide bonds. The second kappa shape index (κ2) is 6.53. The molecule has 0 spiro atoms. The Bertz CT molecular complexity index is 711. The molecule has 0 saturated carbocycles. The number of anilines is 1. The number of rotatable bonds is 4. The van der Waals surface area contributed by atoms with Gasteiger partial charge in [-0.2, -0.15) is 5.10 Å². The molecule has 1 atom stereocenters. The van der Waals surface area contributed by atoms with Crippen molar-refractivity contribution in [3.8, 4) is 0 Å². The molecule has 0 bridgehead atoms. The predicted molar refractivity (Wildman–Crippen MR) is 93.6 cm³/mol. The summed E-state index contributed by atoms with van der Waals surface area (Å²) < 4.78 is 15.5. The lowest BCUT2D eigenvalue weighted by Gasteiger charge is -2.26. The van der Waals surface area contributed by atoms with Crippen LogP contribution < -0.4 is 10.2 Å². The smallest absolute Gasteiger partial charge is 0.130 e. The van der Waals surface area contributed by atoms with Gasteiger partial charge in [0, 0.05) is 44.2 Å². The number of hydrogen-bond acceptors (Lipinski definition) is 4. The predicted octanol–water partition coefficient (Wildman–Crippen LogP) is 3.26. The zero-order valence-corrected chi connectivity index (χ0v) is 14.9. The fourth-order valence-corrected chi connectivity index (χ4v) is 4.36. The first-order valence-corrected chi connectivity index (χ1v) is 8.81. The molecule has 0 saturated heterocycles. The molecule has 124 valence electrons. The standard InChI is InChI=1S/C17H23FN4S/c1-11-14(17(21(2)3)22(4)20-11)10-19-15-7-8-23-16-6-5-12(18)9-13(15)16/h5-6,9,15,19H,7-8,10H2,1-4H3. The molecule has 1 aromatic heterocycles. The van der Waals surface area contributed by atoms with E-state index in [1.807, 2.05) is 38.8 Å². The summed E-state index contributed by atoms with van der Waals surface area (Å²) >= 11 is 1.81. The van der Waals surface area contributed by atoms with Crippen LogP contribution in [0.1, 0.15) is 29.3 Å². The molecule has 2 aromatic rings. The largest absolute Gasteiger partial charge is 0.363 e. The van der Waals surface area contributed by atoms with Gasteiger partial charge in [-0.3, -0.25) is 4.68 Å². The molecule has 0 radical (unpaired) electrons. The molecule has 2 heterocycles. The van der Waals surface area contributed by atoms with Crippen LogP contribution >= 0.6 is 11.8 Å². The van der Waals surface area contributed by atoms with Crippen LogP contribution in [0.3, 0.4) is 0 Å². The van der Waals surface area contributed by atoms with Gasteiger partial charge in [-0.25, -0.2) is 4.39 Å². The number of aryl methyl sites for hydroxylation is 2. The van der Waals surface area contributed by atoms with E-state index in [1.165, 1.54) is 10.5 Å². The van der Waals surface area contributed by atoms with Gasteiger partial charge in [0.05, 0.1) is 5.69 Å². The molecule has 1 aromatic carbocycles. The van der Waals surface area contributed by atoms with Crippen molar-refractivity contribution in [1.29, 1.82) is 0 Å². The number of fused-ring (bicyclic) bond motifs is 1. The number of nitrogens with zero attached hydrogens (tertiary/aromatic N) is 3. The minimum atomic E-state index is -0.162. The Morgan fingerprint density at radius 1 is 1.43 bits per heavy atom. The van der Waals surface area contributed by atoms with E-state index in [0.717, 1.165) is 35.8 Å². The van der Waals surface area contributed by atoms with Crippen LogP contribution in [0, 0.1) is 12.7 Å². The van der Waals surface area contributed by atoms with Gasteiger partial charge in [-0.1, -0.05) is 0 Å². The average molecular weight is 334 g/mol. The van der Waals surface area contributed by atoms with E-state index in [2.05, 4.69) is 15.3 Å². The van der Waals surface area contributed by atoms with Gasteiger partial charge in [0.1, 0.15) is 11.6 Å². The van der Waals surface area contributed by atoms with Crippen molar-refractivity contribution < 1.29 is 4.39 Å². The third kappa shape index (κ3) is 3.23. The number of benzene rings is 1. The topological polar surface area (TPSA) is 33.1 Å². The fraction of sp³-hybridized carbons (Fsp3) is 0.471. The van der Waals surface area contributed by atoms with Gasteiger partial charge < -0.3 is 10.2 Å². The summed E-state index contributed by atoms with van der Waals surface area (Å²) in [6, 6.07) is 5.30. The highest BCUT2D eigenvalue weighted by atomic mass is 32.2. The van der Waals surface area contributed by atoms with Crippen LogP contribution in [0.4, 0.5) is 10.2 Å². The number of aromatic nitrogens is 2. The van der Waals surface area contributed by atoms with E-state index in [4.69, 9.17) is 0 Å². The molecule has 23 heavy (non-hydrogen) atoms. The maximum absolute atomic E-state index is 13.6. The number of hydrogen-bond donors (Lipinski definition) is 1. The summed E-state index contributed by atoms with van der Waals surface area (Å²) in [5.41, 5.74) is 3.32. The highest BCUT2D eigenvalue weighted by Gasteiger charge is 2.22. The molecule has 1 aliphatic heterocycles. The minimum Gasteiger partial charge on any atom is -0.363 e. The summed E-state index contributed by atoms with van der Waals surface area (Å²) in [6.45, 7) is 2.77. The summed E-state index contributed by atoms with van der Waals surface area (Å²) in [5, 5.41) is 8.14. The highest BCUT2D eigenvalue weighted by Crippen LogP contribution is 2.37. The van der Waals surface area contributed by atoms with Crippen molar-refractivity contribution in [1.82, 2.24) is 15.1 Å². The van der Waals surface area contributed by atoms with Crippen molar-refractivity contribution in [2.24, 2.45) is 7.05 Å². The Balaban J connectivity index is 1.82. The van der Waals surface area contributed by atoms with Crippen molar-refractivity contribution in [3.05, 3.63) is 40.8 Å². The fourth-order valence-electron chi connectivity index (χ4n) is 3.26. The first kappa shape index (κ1) is 16.3. The van der Waals surface area contributed by atoms with Gasteiger partial charge in [0.15, 0.2) is 0 Å². The first-order chi connectivity index (χ1) is 11.0. The number of thioether (sulfide) groups is 1. The van der Waals surface area contributed by atoms with Gasteiger partial charge in [0.2, 0.25) is 0 Å². The van der Waals surface area contributed by atoms with E-state index < -0.39 is 0 Å². The van der Waals surface area contributed by atoms with Crippen molar-refractivity contribution >= 4 is 17.6 Å². The van der Waals surface area contributed by atoms with E-state index in [1.54, 1.807) is 23.9 Å². The Kier molecular flexibility index (Phi) is 4.64. The van der Waals surface area contributed by atoms with E-state index in [9.17, 15) is 4.39 Å². The molecule has 0 aliphatic carbocycles. The Labute approximate surface area is 141 Å². The van der Waals surface area contributed by atoms with Gasteiger partial charge >= 0.3 is 0 Å². The molecular weight excluding hydrogens is 311 g/mol. The molecule has 1 aliphatic rings. The molecule has 1 N–H and O–H groups in total. The molecule has 3 rings (SSSR count). The van der Waals surface area contributed by atoms with E-state index in [0.29, 0.717) is 0 Å². The molecular formula is C17H23FN4S. The third-order valence-corrected chi connectivity index (χ3v) is 5.40. The highest BCUT2D eigenvalue weighted by molar-refractivity contribution is 7.99. The van der Waals surface area contributed by atoms with E-state index in [-0.39, 0.29) is 11.9 Å². The zero-order chi connectivity index (χ0) is 16.6. The summed E-state index contributed by atoms with van der Waals surface area (Å²) in [5.74, 6) is 2.01. The first-order valence-electron chi connectivity index (χ1n) is 7.82. The van der Waals surface area contributed by atoms with Crippen LogP contribution in [-0.4, -0.2) is 29.6 Å². The molecule has 0 fully saturated rings. The van der Waals surface area contributed by atoms with Crippen molar-refractivity contribution in [3.63, 3.8) is 0 Å². The maximum atomic E-state index is 13.6. The van der Waals surface area contributed by atoms with Crippen molar-refractivity contribution in [2.45, 2.75) is 30.8 Å². The lowest BCUT2D eigenvalue weighted by Crippen LogP contribution is -2.25. The van der Waals surface area contributed by atoms with Crippen LogP contribution in [-0.2, 0) is 13.6 Å². The average Bonchev–Trinajstić information content (AvgIpc) is 2.79. The third-order valence-electron chi connectivity index (χ3n) is 4.27. The Morgan fingerprint density at radius 3 is 2.96 bits per heavy atom. The molecule has 4 nitrogen and oxygen atoms in total. The second-order valence-electron chi connectivity index (χ2n) is 6.16. The molecule has 1 unspecified atom stereocenters. The maximum Gasteiger partial charge on any atom is 0.130 e. The molecule has 6 heteroatoms. The SMILES string of the molecule is Cc1nn(C)c(N(C)C)c1CNC1CCSc2ccc(F)cc21. The summed E-state index contributed by atoms with van der Waals surface area (Å²) in [6.07, 6.45) is 1.01. The van der Waals surface area contributed by atoms with Crippen LogP contribution in [0.5, 0.6) is 0 Å².